The third kappa shape index (κ3) is 4.22. The van der Waals surface area contributed by atoms with Gasteiger partial charge in [0.05, 0.1) is 12.3 Å². The number of hydrogen-bond donors (Lipinski definition) is 2. The molecule has 2 rings (SSSR count). The molecule has 1 aromatic heterocycles. The number of thiazole rings is 1. The maximum absolute atomic E-state index is 11.8. The highest BCUT2D eigenvalue weighted by Gasteiger charge is 2.08. The lowest BCUT2D eigenvalue weighted by molar-refractivity contribution is 0.146. The number of ether oxygens (including phenoxy) is 2. The van der Waals surface area contributed by atoms with E-state index in [2.05, 4.69) is 15.6 Å². The minimum Gasteiger partial charge on any atom is -0.489 e. The molecule has 0 atom stereocenters. The molecule has 0 radical (unpaired) electrons. The molecule has 0 aliphatic heterocycles. The molecule has 0 saturated heterocycles. The molecule has 2 aromatic rings. The van der Waals surface area contributed by atoms with Crippen LogP contribution in [0.5, 0.6) is 5.75 Å². The summed E-state index contributed by atoms with van der Waals surface area (Å²) in [6.07, 6.45) is 1.63. The summed E-state index contributed by atoms with van der Waals surface area (Å²) in [6, 6.07) is 6.86. The minimum absolute atomic E-state index is 0.359. The molecule has 2 N–H and O–H groups in total. The van der Waals surface area contributed by atoms with E-state index in [-0.39, 0.29) is 6.03 Å². The van der Waals surface area contributed by atoms with E-state index in [1.165, 1.54) is 11.3 Å². The first-order valence-electron chi connectivity index (χ1n) is 5.98. The fourth-order valence-electron chi connectivity index (χ4n) is 1.47. The van der Waals surface area contributed by atoms with Crippen LogP contribution in [0, 0.1) is 0 Å². The maximum atomic E-state index is 11.8. The van der Waals surface area contributed by atoms with E-state index in [1.807, 2.05) is 12.1 Å². The summed E-state index contributed by atoms with van der Waals surface area (Å²) in [5, 5.41) is 7.70. The number of urea groups is 1. The molecule has 1 aromatic carbocycles. The third-order valence-corrected chi connectivity index (χ3v) is 3.02. The van der Waals surface area contributed by atoms with Gasteiger partial charge in [-0.3, -0.25) is 5.32 Å². The number of nitrogens with zero attached hydrogens (tertiary/aromatic N) is 1. The number of anilines is 2. The number of para-hydroxylation sites is 2. The Kier molecular flexibility index (Phi) is 5.33. The number of aromatic nitrogens is 1. The van der Waals surface area contributed by atoms with Crippen LogP contribution < -0.4 is 15.4 Å². The summed E-state index contributed by atoms with van der Waals surface area (Å²) in [4.78, 5) is 15.8. The van der Waals surface area contributed by atoms with Crippen LogP contribution in [0.2, 0.25) is 0 Å². The molecule has 6 nitrogen and oxygen atoms in total. The molecule has 0 unspecified atom stereocenters. The van der Waals surface area contributed by atoms with Crippen LogP contribution in [0.25, 0.3) is 0 Å². The van der Waals surface area contributed by atoms with E-state index in [9.17, 15) is 4.79 Å². The lowest BCUT2D eigenvalue weighted by Gasteiger charge is -2.12. The fourth-order valence-corrected chi connectivity index (χ4v) is 1.99. The minimum atomic E-state index is -0.359. The maximum Gasteiger partial charge on any atom is 0.325 e. The van der Waals surface area contributed by atoms with Crippen molar-refractivity contribution in [3.63, 3.8) is 0 Å². The van der Waals surface area contributed by atoms with Crippen LogP contribution in [-0.2, 0) is 4.74 Å². The van der Waals surface area contributed by atoms with Gasteiger partial charge < -0.3 is 14.8 Å². The number of amides is 2. The Balaban J connectivity index is 1.95. The first-order valence-corrected chi connectivity index (χ1v) is 6.86. The van der Waals surface area contributed by atoms with Gasteiger partial charge >= 0.3 is 6.03 Å². The average Bonchev–Trinajstić information content (AvgIpc) is 2.93. The first-order chi connectivity index (χ1) is 9.79. The summed E-state index contributed by atoms with van der Waals surface area (Å²) in [7, 11) is 1.61. The number of hydrogen-bond acceptors (Lipinski definition) is 5. The SMILES string of the molecule is COCCOc1ccccc1NC(=O)Nc1nccs1. The van der Waals surface area contributed by atoms with Gasteiger partial charge in [-0.1, -0.05) is 12.1 Å². The van der Waals surface area contributed by atoms with E-state index in [0.717, 1.165) is 0 Å². The van der Waals surface area contributed by atoms with Gasteiger partial charge in [0.25, 0.3) is 0 Å². The largest absolute Gasteiger partial charge is 0.489 e. The van der Waals surface area contributed by atoms with Gasteiger partial charge in [0, 0.05) is 18.7 Å². The smallest absolute Gasteiger partial charge is 0.325 e. The topological polar surface area (TPSA) is 72.5 Å². The molecular weight excluding hydrogens is 278 g/mol. The predicted octanol–water partition coefficient (Wildman–Crippen LogP) is 2.81. The summed E-state index contributed by atoms with van der Waals surface area (Å²) < 4.78 is 10.5. The summed E-state index contributed by atoms with van der Waals surface area (Å²) in [5.74, 6) is 0.596. The van der Waals surface area contributed by atoms with Crippen molar-refractivity contribution in [1.82, 2.24) is 4.98 Å². The van der Waals surface area contributed by atoms with Crippen molar-refractivity contribution in [1.29, 1.82) is 0 Å². The molecule has 1 heterocycles. The number of rotatable bonds is 6. The summed E-state index contributed by atoms with van der Waals surface area (Å²) in [6.45, 7) is 0.906. The average molecular weight is 293 g/mol. The Morgan fingerprint density at radius 2 is 2.15 bits per heavy atom. The van der Waals surface area contributed by atoms with Crippen LogP contribution >= 0.6 is 11.3 Å². The normalized spacial score (nSPS) is 10.1. The Bertz CT molecular complexity index is 546. The molecule has 0 aliphatic rings. The molecular formula is C13H15N3O3S. The van der Waals surface area contributed by atoms with Gasteiger partial charge in [0.15, 0.2) is 5.13 Å². The zero-order chi connectivity index (χ0) is 14.2. The van der Waals surface area contributed by atoms with Crippen molar-refractivity contribution in [3.05, 3.63) is 35.8 Å². The number of carbonyl (C=O) groups excluding carboxylic acids is 1. The molecule has 0 spiro atoms. The monoisotopic (exact) mass is 293 g/mol. The molecule has 0 bridgehead atoms. The third-order valence-electron chi connectivity index (χ3n) is 2.33. The van der Waals surface area contributed by atoms with Crippen LogP contribution in [0.3, 0.4) is 0 Å². The Morgan fingerprint density at radius 3 is 2.90 bits per heavy atom. The van der Waals surface area contributed by atoms with Gasteiger partial charge in [-0.05, 0) is 12.1 Å². The van der Waals surface area contributed by atoms with Crippen LogP contribution in [0.1, 0.15) is 0 Å². The molecule has 106 valence electrons. The van der Waals surface area contributed by atoms with E-state index in [0.29, 0.717) is 29.8 Å². The van der Waals surface area contributed by atoms with Crippen LogP contribution in [0.15, 0.2) is 35.8 Å². The standard InChI is InChI=1S/C13H15N3O3S/c1-18-7-8-19-11-5-3-2-4-10(11)15-12(17)16-13-14-6-9-20-13/h2-6,9H,7-8H2,1H3,(H2,14,15,16,17). The van der Waals surface area contributed by atoms with Crippen molar-refractivity contribution in [2.45, 2.75) is 0 Å². The highest BCUT2D eigenvalue weighted by atomic mass is 32.1. The Hall–Kier alpha value is -2.12. The lowest BCUT2D eigenvalue weighted by atomic mass is 10.3. The summed E-state index contributed by atoms with van der Waals surface area (Å²) >= 11 is 1.35. The van der Waals surface area contributed by atoms with E-state index in [1.54, 1.807) is 30.8 Å². The molecule has 7 heteroatoms. The lowest BCUT2D eigenvalue weighted by Crippen LogP contribution is -2.20. The molecule has 0 saturated carbocycles. The van der Waals surface area contributed by atoms with Crippen LogP contribution in [0.4, 0.5) is 15.6 Å². The highest BCUT2D eigenvalue weighted by molar-refractivity contribution is 7.13. The second-order valence-corrected chi connectivity index (χ2v) is 4.65. The second kappa shape index (κ2) is 7.46. The van der Waals surface area contributed by atoms with Gasteiger partial charge in [-0.25, -0.2) is 9.78 Å². The predicted molar refractivity (Wildman–Crippen MR) is 78.6 cm³/mol. The number of methoxy groups -OCH3 is 1. The van der Waals surface area contributed by atoms with E-state index in [4.69, 9.17) is 9.47 Å². The summed E-state index contributed by atoms with van der Waals surface area (Å²) in [5.41, 5.74) is 0.595. The van der Waals surface area contributed by atoms with Crippen molar-refractivity contribution < 1.29 is 14.3 Å². The van der Waals surface area contributed by atoms with Crippen LogP contribution in [-0.4, -0.2) is 31.3 Å². The first kappa shape index (κ1) is 14.3. The molecule has 0 aliphatic carbocycles. The van der Waals surface area contributed by atoms with Gasteiger partial charge in [-0.2, -0.15) is 0 Å². The number of carbonyl (C=O) groups is 1. The van der Waals surface area contributed by atoms with Crippen molar-refractivity contribution in [2.75, 3.05) is 31.0 Å². The van der Waals surface area contributed by atoms with E-state index < -0.39 is 0 Å². The Labute approximate surface area is 120 Å². The number of nitrogens with one attached hydrogen (secondary N) is 2. The van der Waals surface area contributed by atoms with Crippen molar-refractivity contribution in [3.8, 4) is 5.75 Å². The van der Waals surface area contributed by atoms with Crippen molar-refractivity contribution >= 4 is 28.2 Å². The van der Waals surface area contributed by atoms with Gasteiger partial charge in [0.1, 0.15) is 12.4 Å². The van der Waals surface area contributed by atoms with Gasteiger partial charge in [0.2, 0.25) is 0 Å². The Morgan fingerprint density at radius 1 is 1.30 bits per heavy atom. The number of benzene rings is 1. The van der Waals surface area contributed by atoms with Gasteiger partial charge in [-0.15, -0.1) is 11.3 Å². The molecule has 20 heavy (non-hydrogen) atoms. The second-order valence-electron chi connectivity index (χ2n) is 3.75. The highest BCUT2D eigenvalue weighted by Crippen LogP contribution is 2.24. The molecule has 2 amide bonds. The zero-order valence-electron chi connectivity index (χ0n) is 11.0. The fraction of sp³-hybridized carbons (Fsp3) is 0.231. The quantitative estimate of drug-likeness (QED) is 0.803. The van der Waals surface area contributed by atoms with Crippen molar-refractivity contribution in [2.24, 2.45) is 0 Å². The molecule has 0 fully saturated rings. The van der Waals surface area contributed by atoms with E-state index >= 15 is 0 Å². The zero-order valence-corrected chi connectivity index (χ0v) is 11.8.